The number of benzene rings is 1. The predicted molar refractivity (Wildman–Crippen MR) is 82.8 cm³/mol. The van der Waals surface area contributed by atoms with Crippen molar-refractivity contribution in [2.24, 2.45) is 0 Å². The van der Waals surface area contributed by atoms with Crippen LogP contribution in [0, 0.1) is 0 Å². The van der Waals surface area contributed by atoms with Gasteiger partial charge in [0.2, 0.25) is 0 Å². The van der Waals surface area contributed by atoms with Crippen LogP contribution in [0.2, 0.25) is 5.02 Å². The molecule has 5 heteroatoms. The Bertz CT molecular complexity index is 591. The zero-order valence-electron chi connectivity index (χ0n) is 11.3. The molecule has 108 valence electrons. The minimum Gasteiger partial charge on any atom is -0.378 e. The highest BCUT2D eigenvalue weighted by atomic mass is 35.5. The summed E-state index contributed by atoms with van der Waals surface area (Å²) in [4.78, 5) is 4.67. The van der Waals surface area contributed by atoms with E-state index in [1.165, 1.54) is 6.42 Å². The Morgan fingerprint density at radius 2 is 2.30 bits per heavy atom. The lowest BCUT2D eigenvalue weighted by atomic mass is 10.2. The van der Waals surface area contributed by atoms with Crippen LogP contribution in [0.1, 0.15) is 25.1 Å². The standard InChI is InChI=1S/C15H18Cl2N2O/c16-7-5-15-18-13-4-3-11(17)10-14(13)19(15)8-6-12-2-1-9-20-12/h3-4,10,12H,1-2,5-9H2. The first-order chi connectivity index (χ1) is 9.78. The van der Waals surface area contributed by atoms with Gasteiger partial charge in [-0.2, -0.15) is 0 Å². The average Bonchev–Trinajstić information content (AvgIpc) is 3.04. The van der Waals surface area contributed by atoms with Crippen molar-refractivity contribution < 1.29 is 4.74 Å². The fraction of sp³-hybridized carbons (Fsp3) is 0.533. The number of ether oxygens (including phenoxy) is 1. The van der Waals surface area contributed by atoms with Gasteiger partial charge in [-0.1, -0.05) is 11.6 Å². The van der Waals surface area contributed by atoms with Crippen LogP contribution >= 0.6 is 23.2 Å². The molecule has 0 radical (unpaired) electrons. The lowest BCUT2D eigenvalue weighted by Crippen LogP contribution is -2.12. The van der Waals surface area contributed by atoms with Crippen molar-refractivity contribution in [3.05, 3.63) is 29.0 Å². The summed E-state index contributed by atoms with van der Waals surface area (Å²) in [7, 11) is 0. The van der Waals surface area contributed by atoms with Crippen molar-refractivity contribution in [2.45, 2.75) is 38.3 Å². The van der Waals surface area contributed by atoms with E-state index in [2.05, 4.69) is 9.55 Å². The summed E-state index contributed by atoms with van der Waals surface area (Å²) >= 11 is 12.0. The Labute approximate surface area is 128 Å². The van der Waals surface area contributed by atoms with Crippen LogP contribution in [-0.2, 0) is 17.7 Å². The number of nitrogens with zero attached hydrogens (tertiary/aromatic N) is 2. The van der Waals surface area contributed by atoms with Crippen LogP contribution < -0.4 is 0 Å². The van der Waals surface area contributed by atoms with Crippen LogP contribution in [0.15, 0.2) is 18.2 Å². The van der Waals surface area contributed by atoms with E-state index in [9.17, 15) is 0 Å². The molecule has 0 bridgehead atoms. The number of hydrogen-bond acceptors (Lipinski definition) is 2. The predicted octanol–water partition coefficient (Wildman–Crippen LogP) is 4.04. The topological polar surface area (TPSA) is 27.1 Å². The summed E-state index contributed by atoms with van der Waals surface area (Å²) in [6.45, 7) is 1.81. The van der Waals surface area contributed by atoms with Gasteiger partial charge in [0, 0.05) is 30.5 Å². The van der Waals surface area contributed by atoms with Crippen molar-refractivity contribution in [3.8, 4) is 0 Å². The van der Waals surface area contributed by atoms with Gasteiger partial charge >= 0.3 is 0 Å². The zero-order valence-corrected chi connectivity index (χ0v) is 12.8. The van der Waals surface area contributed by atoms with E-state index in [-0.39, 0.29) is 0 Å². The Kier molecular flexibility index (Phi) is 4.49. The van der Waals surface area contributed by atoms with Gasteiger partial charge in [0.05, 0.1) is 17.1 Å². The van der Waals surface area contributed by atoms with E-state index in [1.807, 2.05) is 18.2 Å². The molecule has 1 saturated heterocycles. The molecular weight excluding hydrogens is 295 g/mol. The van der Waals surface area contributed by atoms with Gasteiger partial charge in [0.1, 0.15) is 5.82 Å². The highest BCUT2D eigenvalue weighted by Gasteiger charge is 2.17. The molecule has 1 atom stereocenters. The molecule has 2 heterocycles. The Morgan fingerprint density at radius 3 is 3.05 bits per heavy atom. The summed E-state index contributed by atoms with van der Waals surface area (Å²) in [6.07, 6.45) is 4.52. The molecular formula is C15H18Cl2N2O. The van der Waals surface area contributed by atoms with E-state index >= 15 is 0 Å². The molecule has 3 rings (SSSR count). The van der Waals surface area contributed by atoms with E-state index in [1.54, 1.807) is 0 Å². The number of aromatic nitrogens is 2. The Morgan fingerprint density at radius 1 is 1.40 bits per heavy atom. The highest BCUT2D eigenvalue weighted by molar-refractivity contribution is 6.31. The molecule has 1 fully saturated rings. The first-order valence-corrected chi connectivity index (χ1v) is 8.01. The van der Waals surface area contributed by atoms with E-state index in [4.69, 9.17) is 27.9 Å². The maximum absolute atomic E-state index is 6.11. The van der Waals surface area contributed by atoms with Crippen molar-refractivity contribution in [3.63, 3.8) is 0 Å². The quantitative estimate of drug-likeness (QED) is 0.779. The van der Waals surface area contributed by atoms with E-state index < -0.39 is 0 Å². The number of halogens is 2. The summed E-state index contributed by atoms with van der Waals surface area (Å²) < 4.78 is 7.94. The van der Waals surface area contributed by atoms with Gasteiger partial charge < -0.3 is 9.30 Å². The number of fused-ring (bicyclic) bond motifs is 1. The molecule has 0 saturated carbocycles. The van der Waals surface area contributed by atoms with Gasteiger partial charge in [0.25, 0.3) is 0 Å². The zero-order chi connectivity index (χ0) is 13.9. The maximum Gasteiger partial charge on any atom is 0.111 e. The molecule has 1 aromatic carbocycles. The molecule has 0 spiro atoms. The van der Waals surface area contributed by atoms with Crippen molar-refractivity contribution in [1.29, 1.82) is 0 Å². The largest absolute Gasteiger partial charge is 0.378 e. The number of hydrogen-bond donors (Lipinski definition) is 0. The second-order valence-corrected chi connectivity index (χ2v) is 5.99. The fourth-order valence-electron chi connectivity index (χ4n) is 2.82. The van der Waals surface area contributed by atoms with Crippen LogP contribution in [-0.4, -0.2) is 28.1 Å². The number of imidazole rings is 1. The number of alkyl halides is 1. The Hall–Kier alpha value is -0.770. The molecule has 1 aromatic heterocycles. The number of rotatable bonds is 5. The third kappa shape index (κ3) is 2.95. The van der Waals surface area contributed by atoms with E-state index in [0.29, 0.717) is 12.0 Å². The summed E-state index contributed by atoms with van der Waals surface area (Å²) in [5.41, 5.74) is 2.08. The SMILES string of the molecule is ClCCc1nc2ccc(Cl)cc2n1CCC1CCCO1. The van der Waals surface area contributed by atoms with Crippen molar-refractivity contribution in [2.75, 3.05) is 12.5 Å². The van der Waals surface area contributed by atoms with Crippen LogP contribution in [0.25, 0.3) is 11.0 Å². The van der Waals surface area contributed by atoms with Crippen molar-refractivity contribution >= 4 is 34.2 Å². The number of aryl methyl sites for hydroxylation is 2. The Balaban J connectivity index is 1.88. The smallest absolute Gasteiger partial charge is 0.111 e. The molecule has 2 aromatic rings. The lowest BCUT2D eigenvalue weighted by molar-refractivity contribution is 0.100. The lowest BCUT2D eigenvalue weighted by Gasteiger charge is -2.12. The second kappa shape index (κ2) is 6.33. The molecule has 20 heavy (non-hydrogen) atoms. The van der Waals surface area contributed by atoms with Gasteiger partial charge in [-0.15, -0.1) is 11.6 Å². The van der Waals surface area contributed by atoms with Gasteiger partial charge in [-0.3, -0.25) is 0 Å². The molecule has 0 aliphatic carbocycles. The maximum atomic E-state index is 6.11. The van der Waals surface area contributed by atoms with E-state index in [0.717, 1.165) is 54.3 Å². The van der Waals surface area contributed by atoms with Crippen LogP contribution in [0.5, 0.6) is 0 Å². The van der Waals surface area contributed by atoms with Crippen molar-refractivity contribution in [1.82, 2.24) is 9.55 Å². The summed E-state index contributed by atoms with van der Waals surface area (Å²) in [5, 5.41) is 0.744. The minimum atomic E-state index is 0.385. The van der Waals surface area contributed by atoms with Gasteiger partial charge in [-0.05, 0) is 37.5 Å². The van der Waals surface area contributed by atoms with Crippen LogP contribution in [0.3, 0.4) is 0 Å². The minimum absolute atomic E-state index is 0.385. The highest BCUT2D eigenvalue weighted by Crippen LogP contribution is 2.23. The first-order valence-electron chi connectivity index (χ1n) is 7.10. The molecule has 0 amide bonds. The summed E-state index contributed by atoms with van der Waals surface area (Å²) in [5.74, 6) is 1.62. The third-order valence-corrected chi connectivity index (χ3v) is 4.23. The molecule has 3 nitrogen and oxygen atoms in total. The van der Waals surface area contributed by atoms with Gasteiger partial charge in [0.15, 0.2) is 0 Å². The van der Waals surface area contributed by atoms with Gasteiger partial charge in [-0.25, -0.2) is 4.98 Å². The second-order valence-electron chi connectivity index (χ2n) is 5.18. The molecule has 1 aliphatic rings. The normalized spacial score (nSPS) is 19.0. The van der Waals surface area contributed by atoms with Crippen LogP contribution in [0.4, 0.5) is 0 Å². The molecule has 0 N–H and O–H groups in total. The summed E-state index contributed by atoms with van der Waals surface area (Å²) in [6, 6.07) is 5.83. The third-order valence-electron chi connectivity index (χ3n) is 3.81. The monoisotopic (exact) mass is 312 g/mol. The molecule has 1 aliphatic heterocycles. The fourth-order valence-corrected chi connectivity index (χ4v) is 3.15. The average molecular weight is 313 g/mol. The molecule has 1 unspecified atom stereocenters. The first kappa shape index (κ1) is 14.2.